The molecular weight excluding hydrogens is 567 g/mol. The molecule has 2 aliphatic rings. The van der Waals surface area contributed by atoms with Crippen LogP contribution >= 0.6 is 34.9 Å². The van der Waals surface area contributed by atoms with E-state index in [-0.39, 0.29) is 40.3 Å². The number of anilines is 3. The van der Waals surface area contributed by atoms with Crippen LogP contribution in [0.25, 0.3) is 0 Å². The lowest BCUT2D eigenvalue weighted by Gasteiger charge is -2.49. The average Bonchev–Trinajstić information content (AvgIpc) is 3.34. The van der Waals surface area contributed by atoms with Crippen molar-refractivity contribution in [2.45, 2.75) is 16.4 Å². The molecule has 0 bridgehead atoms. The van der Waals surface area contributed by atoms with Crippen LogP contribution in [-0.4, -0.2) is 78.0 Å². The number of carboxylic acids is 1. The average molecular weight is 588 g/mol. The molecule has 1 fully saturated rings. The maximum atomic E-state index is 13.0. The number of carboxylic acid groups (broad SMARTS) is 1. The summed E-state index contributed by atoms with van der Waals surface area (Å²) in [5.41, 5.74) is 17.7. The summed E-state index contributed by atoms with van der Waals surface area (Å²) in [6.07, 6.45) is 9.84. The molecule has 4 heterocycles. The van der Waals surface area contributed by atoms with E-state index in [9.17, 15) is 19.5 Å². The zero-order valence-corrected chi connectivity index (χ0v) is 22.4. The Balaban J connectivity index is 1.46. The van der Waals surface area contributed by atoms with Gasteiger partial charge in [-0.05, 0) is 5.57 Å². The number of aliphatic carboxylic acids is 1. The van der Waals surface area contributed by atoms with Gasteiger partial charge in [-0.1, -0.05) is 35.0 Å². The maximum Gasteiger partial charge on any atom is 0.352 e. The highest BCUT2D eigenvalue weighted by atomic mass is 32.2. The predicted octanol–water partition coefficient (Wildman–Crippen LogP) is 0.121. The molecule has 39 heavy (non-hydrogen) atoms. The van der Waals surface area contributed by atoms with E-state index in [1.807, 2.05) is 0 Å². The van der Waals surface area contributed by atoms with Gasteiger partial charge in [0.25, 0.3) is 11.8 Å². The van der Waals surface area contributed by atoms with E-state index in [0.29, 0.717) is 22.1 Å². The molecule has 8 N–H and O–H groups in total. The molecule has 0 aromatic carbocycles. The number of thioether (sulfide) groups is 2. The summed E-state index contributed by atoms with van der Waals surface area (Å²) in [5, 5.41) is 17.8. The zero-order chi connectivity index (χ0) is 28.1. The van der Waals surface area contributed by atoms with Crippen LogP contribution in [0.2, 0.25) is 0 Å². The van der Waals surface area contributed by atoms with E-state index in [0.717, 1.165) is 16.2 Å². The lowest BCUT2D eigenvalue weighted by Crippen LogP contribution is -2.71. The van der Waals surface area contributed by atoms with Gasteiger partial charge in [0, 0.05) is 16.9 Å². The minimum absolute atomic E-state index is 0.148. The topological polar surface area (TPSA) is 225 Å². The van der Waals surface area contributed by atoms with Crippen molar-refractivity contribution in [3.63, 3.8) is 0 Å². The molecular formula is C22H21N9O5S3. The van der Waals surface area contributed by atoms with Crippen molar-refractivity contribution in [1.29, 1.82) is 0 Å². The Kier molecular flexibility index (Phi) is 8.59. The molecule has 1 saturated heterocycles. The number of nitrogens with zero attached hydrogens (tertiary/aromatic N) is 5. The van der Waals surface area contributed by atoms with Gasteiger partial charge in [0.2, 0.25) is 0 Å². The molecule has 0 radical (unpaired) electrons. The fourth-order valence-corrected chi connectivity index (χ4v) is 6.14. The van der Waals surface area contributed by atoms with E-state index < -0.39 is 29.2 Å². The maximum absolute atomic E-state index is 13.0. The first-order chi connectivity index (χ1) is 18.7. The number of fused-ring (bicyclic) bond motifs is 1. The summed E-state index contributed by atoms with van der Waals surface area (Å²) in [6, 6.07) is -0.988. The Morgan fingerprint density at radius 1 is 1.38 bits per heavy atom. The van der Waals surface area contributed by atoms with Crippen molar-refractivity contribution < 1.29 is 24.3 Å². The van der Waals surface area contributed by atoms with Gasteiger partial charge in [0.05, 0.1) is 0 Å². The lowest BCUT2D eigenvalue weighted by molar-refractivity contribution is -0.150. The second kappa shape index (κ2) is 12.1. The standard InChI is InChI=1S/C22H21N9O5S3/c1-2-5-36-30-13(11-8-39-22(25)28-11)17(32)29-14-19(33)31-15(21(34)35)10(7-38-20(14)31)4-3-6-37-18-12(23)16(24)26-9-27-18/h1,3-4,8-9,14,20H,5-7,23H2,(H2,25,28)(H,29,32)(H,34,35)(H2,24,26,27)/b4-3+,30-13+/t14?,20-/m1/s1. The zero-order valence-electron chi connectivity index (χ0n) is 19.9. The Morgan fingerprint density at radius 3 is 2.87 bits per heavy atom. The summed E-state index contributed by atoms with van der Waals surface area (Å²) < 4.78 is 0. The third-order valence-electron chi connectivity index (χ3n) is 5.28. The molecule has 1 unspecified atom stereocenters. The fraction of sp³-hybridized carbons (Fsp3) is 0.227. The number of aromatic nitrogens is 3. The van der Waals surface area contributed by atoms with Gasteiger partial charge in [-0.2, -0.15) is 0 Å². The van der Waals surface area contributed by atoms with E-state index in [4.69, 9.17) is 28.5 Å². The van der Waals surface area contributed by atoms with Gasteiger partial charge in [0.15, 0.2) is 23.3 Å². The summed E-state index contributed by atoms with van der Waals surface area (Å²) in [5.74, 6) is 0.524. The monoisotopic (exact) mass is 587 g/mol. The number of hydrogen-bond donors (Lipinski definition) is 5. The number of β-lactam (4-membered cyclic amide) rings is 1. The highest BCUT2D eigenvalue weighted by Crippen LogP contribution is 2.40. The lowest BCUT2D eigenvalue weighted by atomic mass is 10.0. The highest BCUT2D eigenvalue weighted by Gasteiger charge is 2.54. The van der Waals surface area contributed by atoms with Crippen LogP contribution in [0, 0.1) is 12.3 Å². The molecule has 202 valence electrons. The summed E-state index contributed by atoms with van der Waals surface area (Å²) in [4.78, 5) is 56.1. The smallest absolute Gasteiger partial charge is 0.352 e. The molecule has 2 aromatic rings. The SMILES string of the molecule is C#CCO/N=C(/C(=O)NC1C(=O)N2C(C(=O)O)=C(/C=C/CSc3ncnc(N)c3N)CS[C@H]12)c1csc(N)n1. The first-order valence-corrected chi connectivity index (χ1v) is 13.9. The first kappa shape index (κ1) is 27.8. The van der Waals surface area contributed by atoms with Crippen LogP contribution in [0.5, 0.6) is 0 Å². The molecule has 0 spiro atoms. The quantitative estimate of drug-likeness (QED) is 0.0474. The minimum Gasteiger partial charge on any atom is -0.477 e. The van der Waals surface area contributed by atoms with Crippen molar-refractivity contribution >= 4 is 75.0 Å². The second-order valence-corrected chi connectivity index (χ2v) is 10.7. The molecule has 0 aliphatic carbocycles. The van der Waals surface area contributed by atoms with Gasteiger partial charge < -0.3 is 32.5 Å². The molecule has 17 heteroatoms. The Hall–Kier alpha value is -4.27. The van der Waals surface area contributed by atoms with Crippen LogP contribution in [0.4, 0.5) is 16.6 Å². The van der Waals surface area contributed by atoms with Gasteiger partial charge in [0.1, 0.15) is 39.8 Å². The number of rotatable bonds is 10. The van der Waals surface area contributed by atoms with Gasteiger partial charge >= 0.3 is 5.97 Å². The normalized spacial score (nSPS) is 18.9. The van der Waals surface area contributed by atoms with E-state index in [1.165, 1.54) is 35.2 Å². The number of nitrogens with two attached hydrogens (primary N) is 3. The number of oxime groups is 1. The number of nitrogen functional groups attached to an aromatic ring is 3. The molecule has 2 atom stereocenters. The van der Waals surface area contributed by atoms with E-state index in [2.05, 4.69) is 31.3 Å². The van der Waals surface area contributed by atoms with Crippen LogP contribution in [0.1, 0.15) is 5.69 Å². The molecule has 14 nitrogen and oxygen atoms in total. The Labute approximate surface area is 234 Å². The number of terminal acetylenes is 1. The predicted molar refractivity (Wildman–Crippen MR) is 148 cm³/mol. The second-order valence-electron chi connectivity index (χ2n) is 7.72. The van der Waals surface area contributed by atoms with Gasteiger partial charge in [-0.25, -0.2) is 19.7 Å². The van der Waals surface area contributed by atoms with Crippen LogP contribution in [-0.2, 0) is 19.2 Å². The number of carbonyl (C=O) groups is 3. The Morgan fingerprint density at radius 2 is 2.18 bits per heavy atom. The van der Waals surface area contributed by atoms with E-state index >= 15 is 0 Å². The van der Waals surface area contributed by atoms with Crippen molar-refractivity contribution in [1.82, 2.24) is 25.2 Å². The fourth-order valence-electron chi connectivity index (χ4n) is 3.54. The summed E-state index contributed by atoms with van der Waals surface area (Å²) in [7, 11) is 0. The molecule has 4 rings (SSSR count). The third kappa shape index (κ3) is 5.92. The number of hydrogen-bond acceptors (Lipinski definition) is 14. The highest BCUT2D eigenvalue weighted by molar-refractivity contribution is 8.00. The van der Waals surface area contributed by atoms with Gasteiger partial charge in [-0.3, -0.25) is 14.5 Å². The number of amides is 2. The molecule has 2 amide bonds. The van der Waals surface area contributed by atoms with Crippen molar-refractivity contribution in [2.24, 2.45) is 5.16 Å². The number of carbonyl (C=O) groups excluding carboxylic acids is 2. The first-order valence-electron chi connectivity index (χ1n) is 10.9. The van der Waals surface area contributed by atoms with Crippen molar-refractivity contribution in [2.75, 3.05) is 35.3 Å². The molecule has 2 aromatic heterocycles. The van der Waals surface area contributed by atoms with Crippen LogP contribution in [0.3, 0.4) is 0 Å². The molecule has 2 aliphatic heterocycles. The number of allylic oxidation sites excluding steroid dienone is 1. The molecule has 0 saturated carbocycles. The minimum atomic E-state index is -1.26. The third-order valence-corrected chi connectivity index (χ3v) is 8.22. The Bertz CT molecular complexity index is 1450. The van der Waals surface area contributed by atoms with Crippen molar-refractivity contribution in [3.05, 3.63) is 40.8 Å². The van der Waals surface area contributed by atoms with E-state index in [1.54, 1.807) is 12.2 Å². The largest absolute Gasteiger partial charge is 0.477 e. The summed E-state index contributed by atoms with van der Waals surface area (Å²) in [6.45, 7) is -0.187. The van der Waals surface area contributed by atoms with Crippen LogP contribution in [0.15, 0.2) is 45.3 Å². The summed E-state index contributed by atoms with van der Waals surface area (Å²) >= 11 is 3.70. The van der Waals surface area contributed by atoms with Gasteiger partial charge in [-0.15, -0.1) is 29.5 Å². The number of thiazole rings is 1. The number of nitrogens with one attached hydrogen (secondary N) is 1. The van der Waals surface area contributed by atoms with Crippen LogP contribution < -0.4 is 22.5 Å². The van der Waals surface area contributed by atoms with Crippen molar-refractivity contribution in [3.8, 4) is 12.3 Å².